The number of aliphatic hydroxyl groups is 1. The molecule has 0 spiro atoms. The molecule has 0 bridgehead atoms. The van der Waals surface area contributed by atoms with Gasteiger partial charge in [0.25, 0.3) is 5.91 Å². The van der Waals surface area contributed by atoms with Gasteiger partial charge in [0.1, 0.15) is 5.60 Å². The van der Waals surface area contributed by atoms with Crippen molar-refractivity contribution < 1.29 is 9.90 Å². The standard InChI is InChI=1S/C23H37N3O2/c1-16-7-6-8-21(18(16)3)26-12-11-25(15-17(26)2)10-9-19-13-20(14-19)24-22(27)23(4,5)28/h6-8,17,19-20,28H,9-15H2,1-5H3,(H,24,27). The van der Waals surface area contributed by atoms with Crippen molar-refractivity contribution in [3.63, 3.8) is 0 Å². The third-order valence-electron chi connectivity index (χ3n) is 6.58. The van der Waals surface area contributed by atoms with Crippen LogP contribution in [0.25, 0.3) is 0 Å². The topological polar surface area (TPSA) is 55.8 Å². The van der Waals surface area contributed by atoms with Gasteiger partial charge in [-0.25, -0.2) is 0 Å². The van der Waals surface area contributed by atoms with Gasteiger partial charge in [0.2, 0.25) is 0 Å². The number of carbonyl (C=O) groups is 1. The zero-order valence-corrected chi connectivity index (χ0v) is 18.2. The Labute approximate surface area is 170 Å². The maximum absolute atomic E-state index is 11.8. The Balaban J connectivity index is 1.40. The normalized spacial score (nSPS) is 26.1. The van der Waals surface area contributed by atoms with Gasteiger partial charge < -0.3 is 15.3 Å². The number of hydrogen-bond acceptors (Lipinski definition) is 4. The first-order valence-electron chi connectivity index (χ1n) is 10.7. The van der Waals surface area contributed by atoms with Gasteiger partial charge in [-0.2, -0.15) is 0 Å². The van der Waals surface area contributed by atoms with Gasteiger partial charge in [0.05, 0.1) is 0 Å². The van der Waals surface area contributed by atoms with Crippen LogP contribution >= 0.6 is 0 Å². The number of carbonyl (C=O) groups excluding carboxylic acids is 1. The second-order valence-corrected chi connectivity index (χ2v) is 9.42. The lowest BCUT2D eigenvalue weighted by Crippen LogP contribution is -2.53. The first-order chi connectivity index (χ1) is 13.1. The molecular weight excluding hydrogens is 350 g/mol. The molecule has 1 amide bonds. The van der Waals surface area contributed by atoms with Crippen LogP contribution in [-0.4, -0.2) is 59.8 Å². The number of amides is 1. The van der Waals surface area contributed by atoms with Gasteiger partial charge in [-0.3, -0.25) is 9.69 Å². The number of benzene rings is 1. The first kappa shape index (κ1) is 21.1. The van der Waals surface area contributed by atoms with Gasteiger partial charge in [-0.1, -0.05) is 12.1 Å². The average Bonchev–Trinajstić information content (AvgIpc) is 2.58. The molecule has 1 aliphatic carbocycles. The number of piperazine rings is 1. The lowest BCUT2D eigenvalue weighted by molar-refractivity contribution is -0.138. The fourth-order valence-corrected chi connectivity index (χ4v) is 4.46. The molecule has 0 radical (unpaired) electrons. The van der Waals surface area contributed by atoms with Crippen LogP contribution in [0.5, 0.6) is 0 Å². The summed E-state index contributed by atoms with van der Waals surface area (Å²) in [5.41, 5.74) is 2.87. The largest absolute Gasteiger partial charge is 0.381 e. The zero-order valence-electron chi connectivity index (χ0n) is 18.2. The van der Waals surface area contributed by atoms with Gasteiger partial charge in [-0.05, 0) is 83.5 Å². The molecule has 1 aliphatic heterocycles. The van der Waals surface area contributed by atoms with Crippen molar-refractivity contribution in [2.24, 2.45) is 5.92 Å². The van der Waals surface area contributed by atoms with E-state index in [1.165, 1.54) is 37.1 Å². The molecule has 1 heterocycles. The van der Waals surface area contributed by atoms with Crippen LogP contribution in [-0.2, 0) is 4.79 Å². The van der Waals surface area contributed by atoms with E-state index < -0.39 is 5.60 Å². The molecule has 1 unspecified atom stereocenters. The molecule has 1 saturated heterocycles. The summed E-state index contributed by atoms with van der Waals surface area (Å²) in [5.74, 6) is 0.437. The quantitative estimate of drug-likeness (QED) is 0.788. The van der Waals surface area contributed by atoms with Crippen LogP contribution in [0.15, 0.2) is 18.2 Å². The van der Waals surface area contributed by atoms with Gasteiger partial charge in [0.15, 0.2) is 0 Å². The molecule has 3 rings (SSSR count). The highest BCUT2D eigenvalue weighted by atomic mass is 16.3. The van der Waals surface area contributed by atoms with Crippen molar-refractivity contribution in [3.05, 3.63) is 29.3 Å². The molecular formula is C23H37N3O2. The summed E-state index contributed by atoms with van der Waals surface area (Å²) in [5, 5.41) is 12.7. The van der Waals surface area contributed by atoms with Gasteiger partial charge in [0, 0.05) is 37.4 Å². The minimum atomic E-state index is -1.28. The SMILES string of the molecule is Cc1cccc(N2CCN(CCC3CC(NC(=O)C(C)(C)O)C3)CC2C)c1C. The van der Waals surface area contributed by atoms with E-state index in [1.807, 2.05) is 0 Å². The molecule has 1 aromatic carbocycles. The van der Waals surface area contributed by atoms with E-state index in [-0.39, 0.29) is 11.9 Å². The molecule has 2 N–H and O–H groups in total. The maximum atomic E-state index is 11.8. The van der Waals surface area contributed by atoms with Crippen molar-refractivity contribution in [2.45, 2.75) is 71.6 Å². The monoisotopic (exact) mass is 387 g/mol. The van der Waals surface area contributed by atoms with Crippen LogP contribution in [0, 0.1) is 19.8 Å². The Kier molecular flexibility index (Phi) is 6.35. The maximum Gasteiger partial charge on any atom is 0.251 e. The molecule has 28 heavy (non-hydrogen) atoms. The van der Waals surface area contributed by atoms with Crippen LogP contribution in [0.3, 0.4) is 0 Å². The Hall–Kier alpha value is -1.59. The van der Waals surface area contributed by atoms with Crippen LogP contribution in [0.1, 0.15) is 51.2 Å². The lowest BCUT2D eigenvalue weighted by atomic mass is 9.78. The summed E-state index contributed by atoms with van der Waals surface area (Å²) < 4.78 is 0. The summed E-state index contributed by atoms with van der Waals surface area (Å²) in [6, 6.07) is 7.37. The second-order valence-electron chi connectivity index (χ2n) is 9.42. The summed E-state index contributed by atoms with van der Waals surface area (Å²) >= 11 is 0. The Morgan fingerprint density at radius 3 is 2.61 bits per heavy atom. The van der Waals surface area contributed by atoms with Crippen molar-refractivity contribution >= 4 is 11.6 Å². The summed E-state index contributed by atoms with van der Waals surface area (Å²) in [6.45, 7) is 14.3. The van der Waals surface area contributed by atoms with Crippen molar-refractivity contribution in [2.75, 3.05) is 31.1 Å². The number of aryl methyl sites for hydroxylation is 1. The lowest BCUT2D eigenvalue weighted by Gasteiger charge is -2.43. The highest BCUT2D eigenvalue weighted by Crippen LogP contribution is 2.32. The Morgan fingerprint density at radius 2 is 1.96 bits per heavy atom. The Morgan fingerprint density at radius 1 is 1.25 bits per heavy atom. The second kappa shape index (κ2) is 8.42. The summed E-state index contributed by atoms with van der Waals surface area (Å²) in [7, 11) is 0. The highest BCUT2D eigenvalue weighted by molar-refractivity contribution is 5.84. The molecule has 2 fully saturated rings. The van der Waals surface area contributed by atoms with Crippen LogP contribution < -0.4 is 10.2 Å². The van der Waals surface area contributed by atoms with E-state index in [9.17, 15) is 9.90 Å². The van der Waals surface area contributed by atoms with Crippen LogP contribution in [0.2, 0.25) is 0 Å². The smallest absolute Gasteiger partial charge is 0.251 e. The number of nitrogens with one attached hydrogen (secondary N) is 1. The fourth-order valence-electron chi connectivity index (χ4n) is 4.46. The third-order valence-corrected chi connectivity index (χ3v) is 6.58. The zero-order chi connectivity index (χ0) is 20.5. The van der Waals surface area contributed by atoms with Gasteiger partial charge in [-0.15, -0.1) is 0 Å². The molecule has 2 aliphatic rings. The molecule has 0 aromatic heterocycles. The van der Waals surface area contributed by atoms with E-state index in [4.69, 9.17) is 0 Å². The average molecular weight is 388 g/mol. The fraction of sp³-hybridized carbons (Fsp3) is 0.696. The highest BCUT2D eigenvalue weighted by Gasteiger charge is 2.34. The molecule has 1 atom stereocenters. The molecule has 1 aromatic rings. The molecule has 5 heteroatoms. The van der Waals surface area contributed by atoms with E-state index in [2.05, 4.69) is 54.1 Å². The van der Waals surface area contributed by atoms with Crippen LogP contribution in [0.4, 0.5) is 5.69 Å². The predicted octanol–water partition coefficient (Wildman–Crippen LogP) is 2.87. The molecule has 156 valence electrons. The predicted molar refractivity (Wildman–Crippen MR) is 115 cm³/mol. The van der Waals surface area contributed by atoms with Gasteiger partial charge >= 0.3 is 0 Å². The number of hydrogen-bond donors (Lipinski definition) is 2. The number of nitrogens with zero attached hydrogens (tertiary/aromatic N) is 2. The molecule has 1 saturated carbocycles. The minimum absolute atomic E-state index is 0.240. The minimum Gasteiger partial charge on any atom is -0.381 e. The van der Waals surface area contributed by atoms with Crippen molar-refractivity contribution in [1.82, 2.24) is 10.2 Å². The number of anilines is 1. The summed E-state index contributed by atoms with van der Waals surface area (Å²) in [4.78, 5) is 17.0. The van der Waals surface area contributed by atoms with Crippen molar-refractivity contribution in [3.8, 4) is 0 Å². The molecule has 5 nitrogen and oxygen atoms in total. The Bertz CT molecular complexity index is 692. The van der Waals surface area contributed by atoms with E-state index in [1.54, 1.807) is 0 Å². The first-order valence-corrected chi connectivity index (χ1v) is 10.7. The van der Waals surface area contributed by atoms with E-state index in [0.29, 0.717) is 12.0 Å². The van der Waals surface area contributed by atoms with Crippen molar-refractivity contribution in [1.29, 1.82) is 0 Å². The van der Waals surface area contributed by atoms with E-state index in [0.717, 1.165) is 39.0 Å². The van der Waals surface area contributed by atoms with E-state index >= 15 is 0 Å². The third kappa shape index (κ3) is 4.87. The summed E-state index contributed by atoms with van der Waals surface area (Å²) in [6.07, 6.45) is 3.28. The number of rotatable bonds is 6.